The average Bonchev–Trinajstić information content (AvgIpc) is 1.93. The Labute approximate surface area is 61.4 Å². The fourth-order valence-electron chi connectivity index (χ4n) is 0.506. The molecule has 0 aliphatic carbocycles. The molecule has 0 fully saturated rings. The molecule has 0 atom stereocenters. The first-order valence-electron chi connectivity index (χ1n) is 2.72. The zero-order chi connectivity index (χ0) is 8.27. The number of hydrogen-bond acceptors (Lipinski definition) is 3. The van der Waals surface area contributed by atoms with E-state index >= 15 is 0 Å². The van der Waals surface area contributed by atoms with E-state index in [0.29, 0.717) is 0 Å². The van der Waals surface area contributed by atoms with Gasteiger partial charge >= 0.3 is 11.7 Å². The zero-order valence-electron chi connectivity index (χ0n) is 5.42. The van der Waals surface area contributed by atoms with Gasteiger partial charge in [-0.1, -0.05) is 0 Å². The van der Waals surface area contributed by atoms with Gasteiger partial charge < -0.3 is 16.0 Å². The smallest absolute Gasteiger partial charge is 0.345 e. The first-order valence-corrected chi connectivity index (χ1v) is 2.72. The minimum Gasteiger partial charge on any atom is -0.351 e. The largest absolute Gasteiger partial charge is 0.351 e. The summed E-state index contributed by atoms with van der Waals surface area (Å²) >= 11 is 0. The van der Waals surface area contributed by atoms with E-state index in [1.807, 2.05) is 0 Å². The van der Waals surface area contributed by atoms with Crippen LogP contribution in [-0.2, 0) is 0 Å². The third-order valence-corrected chi connectivity index (χ3v) is 0.876. The van der Waals surface area contributed by atoms with Crippen LogP contribution in [0.3, 0.4) is 0 Å². The van der Waals surface area contributed by atoms with Crippen LogP contribution in [0, 0.1) is 6.20 Å². The molecule has 4 N–H and O–H groups in total. The number of aromatic amines is 1. The Bertz CT molecular complexity index is 298. The van der Waals surface area contributed by atoms with Crippen LogP contribution in [0.25, 0.3) is 0 Å². The van der Waals surface area contributed by atoms with Gasteiger partial charge in [0.1, 0.15) is 6.20 Å². The Hall–Kier alpha value is -1.85. The topological polar surface area (TPSA) is 101 Å². The number of urea groups is 1. The van der Waals surface area contributed by atoms with Crippen LogP contribution in [0.2, 0.25) is 0 Å². The predicted octanol–water partition coefficient (Wildman–Crippen LogP) is -0.939. The van der Waals surface area contributed by atoms with Gasteiger partial charge in [-0.2, -0.15) is 4.98 Å². The van der Waals surface area contributed by atoms with Crippen LogP contribution in [-0.4, -0.2) is 16.0 Å². The van der Waals surface area contributed by atoms with Gasteiger partial charge in [-0.25, -0.2) is 9.59 Å². The van der Waals surface area contributed by atoms with Gasteiger partial charge in [0.05, 0.1) is 5.69 Å². The monoisotopic (exact) mass is 153 g/mol. The molecular weight excluding hydrogens is 148 g/mol. The molecule has 57 valence electrons. The summed E-state index contributed by atoms with van der Waals surface area (Å²) in [4.78, 5) is 26.1. The van der Waals surface area contributed by atoms with E-state index in [4.69, 9.17) is 5.73 Å². The van der Waals surface area contributed by atoms with E-state index in [-0.39, 0.29) is 5.69 Å². The summed E-state index contributed by atoms with van der Waals surface area (Å²) in [6.45, 7) is 0. The number of nitrogens with two attached hydrogens (primary N) is 1. The number of amides is 2. The number of rotatable bonds is 1. The van der Waals surface area contributed by atoms with Gasteiger partial charge in [-0.3, -0.25) is 0 Å². The first-order chi connectivity index (χ1) is 5.18. The third kappa shape index (κ3) is 2.09. The molecule has 11 heavy (non-hydrogen) atoms. The highest BCUT2D eigenvalue weighted by Crippen LogP contribution is 1.95. The van der Waals surface area contributed by atoms with Crippen LogP contribution in [0.15, 0.2) is 11.0 Å². The van der Waals surface area contributed by atoms with Crippen LogP contribution in [0.4, 0.5) is 10.5 Å². The second kappa shape index (κ2) is 2.82. The molecule has 1 heterocycles. The van der Waals surface area contributed by atoms with Crippen LogP contribution in [0.1, 0.15) is 0 Å². The highest BCUT2D eigenvalue weighted by Gasteiger charge is 1.95. The van der Waals surface area contributed by atoms with E-state index in [9.17, 15) is 9.59 Å². The van der Waals surface area contributed by atoms with Crippen molar-refractivity contribution in [3.8, 4) is 0 Å². The fraction of sp³-hybridized carbons (Fsp3) is 0. The van der Waals surface area contributed by atoms with E-state index in [1.165, 1.54) is 6.20 Å². The maximum atomic E-state index is 10.4. The molecule has 2 amide bonds. The van der Waals surface area contributed by atoms with Crippen molar-refractivity contribution in [2.75, 3.05) is 5.32 Å². The van der Waals surface area contributed by atoms with Crippen molar-refractivity contribution in [2.24, 2.45) is 5.73 Å². The Balaban J connectivity index is 2.82. The lowest BCUT2D eigenvalue weighted by Gasteiger charge is -1.96. The van der Waals surface area contributed by atoms with Crippen molar-refractivity contribution in [2.45, 2.75) is 0 Å². The molecule has 0 saturated heterocycles. The number of aromatic nitrogens is 2. The number of carbonyl (C=O) groups excluding carboxylic acids is 1. The molecule has 0 aromatic carbocycles. The van der Waals surface area contributed by atoms with Crippen molar-refractivity contribution in [3.63, 3.8) is 0 Å². The van der Waals surface area contributed by atoms with Crippen molar-refractivity contribution in [3.05, 3.63) is 22.9 Å². The predicted molar refractivity (Wildman–Crippen MR) is 36.9 cm³/mol. The second-order valence-corrected chi connectivity index (χ2v) is 1.72. The molecule has 0 aliphatic rings. The summed E-state index contributed by atoms with van der Waals surface area (Å²) < 4.78 is 0. The summed E-state index contributed by atoms with van der Waals surface area (Å²) in [6.07, 6.45) is 3.51. The van der Waals surface area contributed by atoms with Crippen molar-refractivity contribution >= 4 is 11.7 Å². The molecule has 0 saturated carbocycles. The standard InChI is InChI=1S/C5H5N4O2/c6-4(10)9-3-1-7-5(11)8-2-3/h1H,(H3,6,9,10)(H,7,8,11). The fourth-order valence-corrected chi connectivity index (χ4v) is 0.506. The van der Waals surface area contributed by atoms with Crippen LogP contribution < -0.4 is 16.7 Å². The molecule has 0 spiro atoms. The summed E-state index contributed by atoms with van der Waals surface area (Å²) in [7, 11) is 0. The molecule has 6 heteroatoms. The second-order valence-electron chi connectivity index (χ2n) is 1.72. The number of anilines is 1. The number of hydrogen-bond donors (Lipinski definition) is 3. The first kappa shape index (κ1) is 7.26. The van der Waals surface area contributed by atoms with Gasteiger partial charge in [0.15, 0.2) is 0 Å². The SMILES string of the molecule is NC(=O)Nc1[c]nc(=O)[nH]c1. The maximum Gasteiger partial charge on any atom is 0.345 e. The number of nitrogens with zero attached hydrogens (tertiary/aromatic N) is 1. The van der Waals surface area contributed by atoms with Crippen molar-refractivity contribution < 1.29 is 4.79 Å². The van der Waals surface area contributed by atoms with Gasteiger partial charge in [0.2, 0.25) is 0 Å². The van der Waals surface area contributed by atoms with Crippen molar-refractivity contribution in [1.29, 1.82) is 0 Å². The summed E-state index contributed by atoms with van der Waals surface area (Å²) in [5, 5.41) is 2.18. The van der Waals surface area contributed by atoms with Gasteiger partial charge in [-0.15, -0.1) is 0 Å². The molecule has 0 unspecified atom stereocenters. The number of H-pyrrole nitrogens is 1. The van der Waals surface area contributed by atoms with E-state index in [0.717, 1.165) is 0 Å². The molecule has 6 nitrogen and oxygen atoms in total. The van der Waals surface area contributed by atoms with Crippen molar-refractivity contribution in [1.82, 2.24) is 9.97 Å². The Kier molecular flexibility index (Phi) is 1.86. The molecule has 1 rings (SSSR count). The van der Waals surface area contributed by atoms with E-state index in [2.05, 4.69) is 21.5 Å². The third-order valence-electron chi connectivity index (χ3n) is 0.876. The molecule has 0 aliphatic heterocycles. The maximum absolute atomic E-state index is 10.4. The Morgan fingerprint density at radius 1 is 1.82 bits per heavy atom. The van der Waals surface area contributed by atoms with Gasteiger partial charge in [0, 0.05) is 6.20 Å². The lowest BCUT2D eigenvalue weighted by atomic mass is 10.5. The Morgan fingerprint density at radius 3 is 3.00 bits per heavy atom. The highest BCUT2D eigenvalue weighted by molar-refractivity contribution is 5.87. The number of nitrogens with one attached hydrogen (secondary N) is 2. The normalized spacial score (nSPS) is 9.09. The lowest BCUT2D eigenvalue weighted by molar-refractivity contribution is 0.259. The minimum atomic E-state index is -0.727. The van der Waals surface area contributed by atoms with Crippen LogP contribution >= 0.6 is 0 Å². The summed E-state index contributed by atoms with van der Waals surface area (Å²) in [5.74, 6) is 0. The van der Waals surface area contributed by atoms with Gasteiger partial charge in [-0.05, 0) is 0 Å². The molecular formula is C5H5N4O2. The minimum absolute atomic E-state index is 0.233. The quantitative estimate of drug-likeness (QED) is 0.485. The zero-order valence-corrected chi connectivity index (χ0v) is 5.42. The number of primary amides is 1. The average molecular weight is 153 g/mol. The molecule has 1 aromatic rings. The highest BCUT2D eigenvalue weighted by atomic mass is 16.2. The summed E-state index contributed by atoms with van der Waals surface area (Å²) in [5.41, 5.74) is 4.48. The molecule has 0 bridgehead atoms. The Morgan fingerprint density at radius 2 is 2.55 bits per heavy atom. The lowest BCUT2D eigenvalue weighted by Crippen LogP contribution is -2.20. The van der Waals surface area contributed by atoms with E-state index < -0.39 is 11.7 Å². The van der Waals surface area contributed by atoms with Crippen LogP contribution in [0.5, 0.6) is 0 Å². The molecule has 1 radical (unpaired) electrons. The number of carbonyl (C=O) groups is 1. The van der Waals surface area contributed by atoms with E-state index in [1.54, 1.807) is 0 Å². The summed E-state index contributed by atoms with van der Waals surface area (Å²) in [6, 6.07) is -0.727. The van der Waals surface area contributed by atoms with Gasteiger partial charge in [0.25, 0.3) is 0 Å². The molecule has 1 aromatic heterocycles.